The van der Waals surface area contributed by atoms with Crippen molar-refractivity contribution in [2.24, 2.45) is 0 Å². The van der Waals surface area contributed by atoms with Crippen LogP contribution in [0, 0.1) is 0 Å². The van der Waals surface area contributed by atoms with Crippen molar-refractivity contribution in [3.8, 4) is 0 Å². The summed E-state index contributed by atoms with van der Waals surface area (Å²) in [5.74, 6) is 0.267. The maximum atomic E-state index is 11.3. The van der Waals surface area contributed by atoms with Gasteiger partial charge < -0.3 is 0 Å². The summed E-state index contributed by atoms with van der Waals surface area (Å²) in [7, 11) is 0. The maximum Gasteiger partial charge on any atom is 0.146 e. The molecule has 0 radical (unpaired) electrons. The molecular weight excluding hydrogens is 228 g/mol. The fourth-order valence-electron chi connectivity index (χ4n) is 1.16. The van der Waals surface area contributed by atoms with E-state index < -0.39 is 0 Å². The molecule has 0 heterocycles. The molecule has 0 aliphatic rings. The number of ketones is 1. The van der Waals surface area contributed by atoms with Gasteiger partial charge in [-0.05, 0) is 12.0 Å². The summed E-state index contributed by atoms with van der Waals surface area (Å²) in [4.78, 5) is 11.2. The Bertz CT molecular complexity index is 269. The van der Waals surface area contributed by atoms with Crippen LogP contribution in [0.5, 0.6) is 0 Å². The molecule has 0 amide bonds. The lowest BCUT2D eigenvalue weighted by molar-refractivity contribution is -0.118. The largest absolute Gasteiger partial charge is 0.298 e. The SMILES string of the molecule is CCC(=O)C(Br)Cc1ccccc1. The van der Waals surface area contributed by atoms with Gasteiger partial charge >= 0.3 is 0 Å². The molecule has 1 atom stereocenters. The molecule has 13 heavy (non-hydrogen) atoms. The number of rotatable bonds is 4. The number of Topliss-reactive ketones (excluding diaryl/α,β-unsaturated/α-hetero) is 1. The van der Waals surface area contributed by atoms with E-state index in [9.17, 15) is 4.79 Å². The first-order valence-corrected chi connectivity index (χ1v) is 5.36. The maximum absolute atomic E-state index is 11.3. The Balaban J connectivity index is 2.55. The van der Waals surface area contributed by atoms with Crippen LogP contribution in [0.4, 0.5) is 0 Å². The topological polar surface area (TPSA) is 17.1 Å². The summed E-state index contributed by atoms with van der Waals surface area (Å²) in [6.45, 7) is 1.89. The smallest absolute Gasteiger partial charge is 0.146 e. The Morgan fingerprint density at radius 2 is 2.00 bits per heavy atom. The Labute approximate surface area is 87.3 Å². The summed E-state index contributed by atoms with van der Waals surface area (Å²) < 4.78 is 0. The van der Waals surface area contributed by atoms with Crippen LogP contribution in [0.15, 0.2) is 30.3 Å². The molecule has 0 aliphatic carbocycles. The van der Waals surface area contributed by atoms with Crippen molar-refractivity contribution in [1.29, 1.82) is 0 Å². The van der Waals surface area contributed by atoms with E-state index in [4.69, 9.17) is 0 Å². The summed E-state index contributed by atoms with van der Waals surface area (Å²) in [5.41, 5.74) is 1.20. The van der Waals surface area contributed by atoms with E-state index >= 15 is 0 Å². The highest BCUT2D eigenvalue weighted by atomic mass is 79.9. The first-order valence-electron chi connectivity index (χ1n) is 4.44. The third-order valence-corrected chi connectivity index (χ3v) is 2.79. The molecule has 0 spiro atoms. The van der Waals surface area contributed by atoms with E-state index in [1.54, 1.807) is 0 Å². The van der Waals surface area contributed by atoms with Crippen molar-refractivity contribution in [3.63, 3.8) is 0 Å². The minimum Gasteiger partial charge on any atom is -0.298 e. The Morgan fingerprint density at radius 1 is 1.38 bits per heavy atom. The van der Waals surface area contributed by atoms with Gasteiger partial charge in [-0.2, -0.15) is 0 Å². The zero-order valence-corrected chi connectivity index (χ0v) is 9.25. The van der Waals surface area contributed by atoms with Crippen LogP contribution in [0.1, 0.15) is 18.9 Å². The summed E-state index contributed by atoms with van der Waals surface area (Å²) in [6.07, 6.45) is 1.39. The molecule has 1 aromatic carbocycles. The standard InChI is InChI=1S/C11H13BrO/c1-2-11(13)10(12)8-9-6-4-3-5-7-9/h3-7,10H,2,8H2,1H3. The van der Waals surface area contributed by atoms with Gasteiger partial charge in [0.15, 0.2) is 0 Å². The van der Waals surface area contributed by atoms with Gasteiger partial charge in [0.25, 0.3) is 0 Å². The lowest BCUT2D eigenvalue weighted by Gasteiger charge is -2.06. The number of hydrogen-bond donors (Lipinski definition) is 0. The normalized spacial score (nSPS) is 12.5. The van der Waals surface area contributed by atoms with Crippen molar-refractivity contribution in [2.75, 3.05) is 0 Å². The summed E-state index contributed by atoms with van der Waals surface area (Å²) in [5, 5.41) is 0. The third kappa shape index (κ3) is 3.31. The number of benzene rings is 1. The van der Waals surface area contributed by atoms with Crippen LogP contribution in [0.25, 0.3) is 0 Å². The number of alkyl halides is 1. The third-order valence-electron chi connectivity index (χ3n) is 1.96. The van der Waals surface area contributed by atoms with Gasteiger partial charge in [0.1, 0.15) is 5.78 Å². The van der Waals surface area contributed by atoms with Crippen molar-refractivity contribution in [2.45, 2.75) is 24.6 Å². The van der Waals surface area contributed by atoms with Crippen LogP contribution in [0.3, 0.4) is 0 Å². The van der Waals surface area contributed by atoms with Gasteiger partial charge in [-0.15, -0.1) is 0 Å². The van der Waals surface area contributed by atoms with Gasteiger partial charge in [0, 0.05) is 6.42 Å². The molecule has 0 aromatic heterocycles. The first-order chi connectivity index (χ1) is 6.24. The van der Waals surface area contributed by atoms with Crippen molar-refractivity contribution in [1.82, 2.24) is 0 Å². The number of halogens is 1. The van der Waals surface area contributed by atoms with Crippen LogP contribution in [-0.4, -0.2) is 10.6 Å². The van der Waals surface area contributed by atoms with Gasteiger partial charge in [-0.1, -0.05) is 53.2 Å². The molecule has 1 rings (SSSR count). The van der Waals surface area contributed by atoms with E-state index in [1.807, 2.05) is 37.3 Å². The first kappa shape index (κ1) is 10.5. The van der Waals surface area contributed by atoms with E-state index in [1.165, 1.54) is 5.56 Å². The summed E-state index contributed by atoms with van der Waals surface area (Å²) >= 11 is 3.39. The molecule has 0 aliphatic heterocycles. The molecule has 1 unspecified atom stereocenters. The quantitative estimate of drug-likeness (QED) is 0.740. The Morgan fingerprint density at radius 3 is 2.54 bits per heavy atom. The highest BCUT2D eigenvalue weighted by Crippen LogP contribution is 2.11. The second kappa shape index (κ2) is 5.18. The van der Waals surface area contributed by atoms with Gasteiger partial charge in [0.2, 0.25) is 0 Å². The second-order valence-electron chi connectivity index (χ2n) is 2.98. The number of carbonyl (C=O) groups excluding carboxylic acids is 1. The second-order valence-corrected chi connectivity index (χ2v) is 4.08. The van der Waals surface area contributed by atoms with Crippen molar-refractivity contribution >= 4 is 21.7 Å². The molecule has 0 N–H and O–H groups in total. The monoisotopic (exact) mass is 240 g/mol. The molecule has 0 saturated heterocycles. The fraction of sp³-hybridized carbons (Fsp3) is 0.364. The number of hydrogen-bond acceptors (Lipinski definition) is 1. The molecule has 70 valence electrons. The molecule has 0 saturated carbocycles. The average molecular weight is 241 g/mol. The predicted octanol–water partition coefficient (Wildman–Crippen LogP) is 2.97. The molecule has 0 fully saturated rings. The average Bonchev–Trinajstić information content (AvgIpc) is 2.18. The number of carbonyl (C=O) groups is 1. The summed E-state index contributed by atoms with van der Waals surface area (Å²) in [6, 6.07) is 10.0. The van der Waals surface area contributed by atoms with E-state index in [2.05, 4.69) is 15.9 Å². The lowest BCUT2D eigenvalue weighted by atomic mass is 10.1. The zero-order valence-electron chi connectivity index (χ0n) is 7.66. The lowest BCUT2D eigenvalue weighted by Crippen LogP contribution is -2.15. The van der Waals surface area contributed by atoms with Gasteiger partial charge in [-0.25, -0.2) is 0 Å². The Kier molecular flexibility index (Phi) is 4.16. The van der Waals surface area contributed by atoms with Gasteiger partial charge in [0.05, 0.1) is 4.83 Å². The predicted molar refractivity (Wildman–Crippen MR) is 58.2 cm³/mol. The molecule has 1 nitrogen and oxygen atoms in total. The molecular formula is C11H13BrO. The van der Waals surface area contributed by atoms with Crippen LogP contribution in [0.2, 0.25) is 0 Å². The highest BCUT2D eigenvalue weighted by Gasteiger charge is 2.12. The zero-order chi connectivity index (χ0) is 9.68. The van der Waals surface area contributed by atoms with Crippen LogP contribution >= 0.6 is 15.9 Å². The van der Waals surface area contributed by atoms with E-state index in [0.29, 0.717) is 6.42 Å². The fourth-order valence-corrected chi connectivity index (χ4v) is 1.85. The molecule has 0 bridgehead atoms. The van der Waals surface area contributed by atoms with Crippen LogP contribution in [-0.2, 0) is 11.2 Å². The Hall–Kier alpha value is -0.630. The van der Waals surface area contributed by atoms with Crippen molar-refractivity contribution < 1.29 is 4.79 Å². The molecule has 1 aromatic rings. The van der Waals surface area contributed by atoms with Gasteiger partial charge in [-0.3, -0.25) is 4.79 Å². The molecule has 2 heteroatoms. The van der Waals surface area contributed by atoms with E-state index in [-0.39, 0.29) is 10.6 Å². The van der Waals surface area contributed by atoms with Crippen LogP contribution < -0.4 is 0 Å². The highest BCUT2D eigenvalue weighted by molar-refractivity contribution is 9.10. The van der Waals surface area contributed by atoms with Crippen molar-refractivity contribution in [3.05, 3.63) is 35.9 Å². The minimum absolute atomic E-state index is 0.0279. The van der Waals surface area contributed by atoms with E-state index in [0.717, 1.165) is 6.42 Å². The minimum atomic E-state index is -0.0279.